The number of ether oxygens (including phenoxy) is 1. The van der Waals surface area contributed by atoms with Crippen LogP contribution in [0.4, 0.5) is 0 Å². The lowest BCUT2D eigenvalue weighted by Crippen LogP contribution is -2.69. The fraction of sp³-hybridized carbons (Fsp3) is 0.923. The average molecular weight is 242 g/mol. The molecule has 4 nitrogen and oxygen atoms in total. The Balaban J connectivity index is 2.60. The van der Waals surface area contributed by atoms with Crippen LogP contribution in [0.3, 0.4) is 0 Å². The minimum atomic E-state index is -0.153. The summed E-state index contributed by atoms with van der Waals surface area (Å²) in [5, 5.41) is 3.08. The fourth-order valence-corrected chi connectivity index (χ4v) is 2.26. The van der Waals surface area contributed by atoms with Gasteiger partial charge in [-0.15, -0.1) is 0 Å². The predicted molar refractivity (Wildman–Crippen MR) is 68.6 cm³/mol. The van der Waals surface area contributed by atoms with E-state index in [1.165, 1.54) is 0 Å². The average Bonchev–Trinajstić information content (AvgIpc) is 2.26. The molecule has 0 aromatic heterocycles. The number of amides is 1. The summed E-state index contributed by atoms with van der Waals surface area (Å²) < 4.78 is 5.53. The van der Waals surface area contributed by atoms with Crippen molar-refractivity contribution < 1.29 is 9.53 Å². The van der Waals surface area contributed by atoms with Crippen LogP contribution >= 0.6 is 0 Å². The molecule has 1 rings (SSSR count). The number of carbonyl (C=O) groups excluding carboxylic acids is 1. The van der Waals surface area contributed by atoms with Gasteiger partial charge >= 0.3 is 0 Å². The van der Waals surface area contributed by atoms with Crippen molar-refractivity contribution in [1.29, 1.82) is 0 Å². The van der Waals surface area contributed by atoms with Crippen molar-refractivity contribution in [2.45, 2.75) is 58.7 Å². The largest absolute Gasteiger partial charge is 0.378 e. The lowest BCUT2D eigenvalue weighted by molar-refractivity contribution is -0.183. The van der Waals surface area contributed by atoms with Crippen molar-refractivity contribution in [3.05, 3.63) is 0 Å². The topological polar surface area (TPSA) is 64.3 Å². The van der Waals surface area contributed by atoms with E-state index in [0.29, 0.717) is 0 Å². The molecule has 17 heavy (non-hydrogen) atoms. The second kappa shape index (κ2) is 4.58. The Hall–Kier alpha value is -0.610. The maximum absolute atomic E-state index is 11.9. The number of nitrogens with two attached hydrogens (primary N) is 1. The molecule has 1 aliphatic rings. The third kappa shape index (κ3) is 2.33. The summed E-state index contributed by atoms with van der Waals surface area (Å²) in [6.45, 7) is 10.1. The standard InChI is InChI=1S/C13H26N2O2/c1-8(9(2)14)11(16)15-10-7-13(5,17-6)12(10,3)4/h8-10H,7,14H2,1-6H3,(H,15,16). The van der Waals surface area contributed by atoms with Gasteiger partial charge in [0.05, 0.1) is 5.60 Å². The summed E-state index contributed by atoms with van der Waals surface area (Å²) in [4.78, 5) is 11.9. The normalized spacial score (nSPS) is 34.6. The van der Waals surface area contributed by atoms with Gasteiger partial charge in [0.15, 0.2) is 0 Å². The van der Waals surface area contributed by atoms with E-state index >= 15 is 0 Å². The quantitative estimate of drug-likeness (QED) is 0.781. The summed E-state index contributed by atoms with van der Waals surface area (Å²) >= 11 is 0. The smallest absolute Gasteiger partial charge is 0.224 e. The van der Waals surface area contributed by atoms with Crippen LogP contribution in [-0.4, -0.2) is 30.7 Å². The molecule has 1 amide bonds. The third-order valence-corrected chi connectivity index (χ3v) is 4.80. The van der Waals surface area contributed by atoms with Gasteiger partial charge < -0.3 is 15.8 Å². The summed E-state index contributed by atoms with van der Waals surface area (Å²) in [5.41, 5.74) is 5.54. The highest BCUT2D eigenvalue weighted by Gasteiger charge is 2.58. The molecule has 1 aliphatic carbocycles. The molecule has 4 heteroatoms. The highest BCUT2D eigenvalue weighted by atomic mass is 16.5. The first kappa shape index (κ1) is 14.5. The van der Waals surface area contributed by atoms with Gasteiger partial charge in [-0.05, 0) is 20.3 Å². The molecule has 0 aromatic carbocycles. The van der Waals surface area contributed by atoms with Crippen molar-refractivity contribution in [2.24, 2.45) is 17.1 Å². The molecule has 1 saturated carbocycles. The molecule has 0 radical (unpaired) electrons. The van der Waals surface area contributed by atoms with Gasteiger partial charge in [0.25, 0.3) is 0 Å². The number of hydrogen-bond acceptors (Lipinski definition) is 3. The van der Waals surface area contributed by atoms with Crippen LogP contribution in [-0.2, 0) is 9.53 Å². The Morgan fingerprint density at radius 3 is 2.29 bits per heavy atom. The van der Waals surface area contributed by atoms with Crippen LogP contribution in [0.25, 0.3) is 0 Å². The molecule has 4 atom stereocenters. The molecule has 0 aliphatic heterocycles. The van der Waals surface area contributed by atoms with Gasteiger partial charge in [-0.1, -0.05) is 20.8 Å². The van der Waals surface area contributed by atoms with Crippen molar-refractivity contribution in [3.8, 4) is 0 Å². The van der Waals surface area contributed by atoms with E-state index in [-0.39, 0.29) is 34.9 Å². The maximum Gasteiger partial charge on any atom is 0.224 e. The Bertz CT molecular complexity index is 302. The molecule has 4 unspecified atom stereocenters. The van der Waals surface area contributed by atoms with E-state index < -0.39 is 0 Å². The monoisotopic (exact) mass is 242 g/mol. The highest BCUT2D eigenvalue weighted by Crippen LogP contribution is 2.51. The molecule has 1 fully saturated rings. The van der Waals surface area contributed by atoms with Gasteiger partial charge in [-0.2, -0.15) is 0 Å². The second-order valence-electron chi connectivity index (χ2n) is 6.07. The summed E-state index contributed by atoms with van der Waals surface area (Å²) in [6, 6.07) is 0.0492. The minimum absolute atomic E-state index is 0.0382. The third-order valence-electron chi connectivity index (χ3n) is 4.80. The second-order valence-corrected chi connectivity index (χ2v) is 6.07. The molecular weight excluding hydrogens is 216 g/mol. The number of carbonyl (C=O) groups is 1. The number of rotatable bonds is 4. The first-order valence-electron chi connectivity index (χ1n) is 6.27. The number of hydrogen-bond donors (Lipinski definition) is 2. The molecule has 0 saturated heterocycles. The van der Waals surface area contributed by atoms with Crippen LogP contribution in [0, 0.1) is 11.3 Å². The minimum Gasteiger partial charge on any atom is -0.378 e. The zero-order chi connectivity index (χ0) is 13.4. The van der Waals surface area contributed by atoms with Crippen LogP contribution in [0.2, 0.25) is 0 Å². The van der Waals surface area contributed by atoms with Crippen molar-refractivity contribution in [2.75, 3.05) is 7.11 Å². The van der Waals surface area contributed by atoms with Crippen LogP contribution in [0.15, 0.2) is 0 Å². The Morgan fingerprint density at radius 1 is 1.41 bits per heavy atom. The van der Waals surface area contributed by atoms with Crippen LogP contribution in [0.5, 0.6) is 0 Å². The first-order chi connectivity index (χ1) is 7.65. The lowest BCUT2D eigenvalue weighted by atomic mass is 9.55. The van der Waals surface area contributed by atoms with Gasteiger partial charge in [0, 0.05) is 30.5 Å². The van der Waals surface area contributed by atoms with Crippen LogP contribution in [0.1, 0.15) is 41.0 Å². The highest BCUT2D eigenvalue weighted by molar-refractivity contribution is 5.79. The SMILES string of the molecule is COC1(C)CC(NC(=O)C(C)C(C)N)C1(C)C. The van der Waals surface area contributed by atoms with E-state index in [9.17, 15) is 4.79 Å². The predicted octanol–water partition coefficient (Wildman–Crippen LogP) is 1.29. The molecule has 0 heterocycles. The van der Waals surface area contributed by atoms with Crippen molar-refractivity contribution >= 4 is 5.91 Å². The van der Waals surface area contributed by atoms with Crippen LogP contribution < -0.4 is 11.1 Å². The maximum atomic E-state index is 11.9. The zero-order valence-electron chi connectivity index (χ0n) is 11.8. The van der Waals surface area contributed by atoms with Gasteiger partial charge in [-0.3, -0.25) is 4.79 Å². The van der Waals surface area contributed by atoms with E-state index in [1.54, 1.807) is 7.11 Å². The van der Waals surface area contributed by atoms with Gasteiger partial charge in [0.2, 0.25) is 5.91 Å². The lowest BCUT2D eigenvalue weighted by Gasteiger charge is -2.59. The van der Waals surface area contributed by atoms with Crippen molar-refractivity contribution in [1.82, 2.24) is 5.32 Å². The summed E-state index contributed by atoms with van der Waals surface area (Å²) in [6.07, 6.45) is 0.855. The molecule has 0 aromatic rings. The Labute approximate surface area is 104 Å². The van der Waals surface area contributed by atoms with Gasteiger partial charge in [-0.25, -0.2) is 0 Å². The first-order valence-corrected chi connectivity index (χ1v) is 6.27. The Kier molecular flexibility index (Phi) is 3.89. The van der Waals surface area contributed by atoms with E-state index in [0.717, 1.165) is 6.42 Å². The molecule has 3 N–H and O–H groups in total. The molecule has 0 bridgehead atoms. The fourth-order valence-electron chi connectivity index (χ4n) is 2.26. The molecular formula is C13H26N2O2. The molecule has 0 spiro atoms. The number of nitrogens with one attached hydrogen (secondary N) is 1. The Morgan fingerprint density at radius 2 is 1.94 bits per heavy atom. The number of methoxy groups -OCH3 is 1. The van der Waals surface area contributed by atoms with Gasteiger partial charge in [0.1, 0.15) is 0 Å². The van der Waals surface area contributed by atoms with Crippen molar-refractivity contribution in [3.63, 3.8) is 0 Å². The molecule has 100 valence electrons. The zero-order valence-corrected chi connectivity index (χ0v) is 11.8. The van der Waals surface area contributed by atoms with E-state index in [2.05, 4.69) is 26.1 Å². The van der Waals surface area contributed by atoms with E-state index in [1.807, 2.05) is 13.8 Å². The van der Waals surface area contributed by atoms with E-state index in [4.69, 9.17) is 10.5 Å². The summed E-state index contributed by atoms with van der Waals surface area (Å²) in [7, 11) is 1.73. The summed E-state index contributed by atoms with van der Waals surface area (Å²) in [5.74, 6) is -0.114.